The van der Waals surface area contributed by atoms with Gasteiger partial charge < -0.3 is 10.4 Å². The first-order valence-electron chi connectivity index (χ1n) is 5.49. The second-order valence-corrected chi connectivity index (χ2v) is 5.11. The summed E-state index contributed by atoms with van der Waals surface area (Å²) in [5, 5.41) is 17.5. The van der Waals surface area contributed by atoms with Crippen LogP contribution in [-0.2, 0) is 5.60 Å². The van der Waals surface area contributed by atoms with Crippen molar-refractivity contribution in [2.75, 3.05) is 11.9 Å². The molecule has 90 valence electrons. The van der Waals surface area contributed by atoms with Gasteiger partial charge in [-0.1, -0.05) is 0 Å². The number of aliphatic hydroxyl groups is 1. The molecule has 2 rings (SSSR count). The Kier molecular flexibility index (Phi) is 3.45. The lowest BCUT2D eigenvalue weighted by Crippen LogP contribution is -2.30. The molecule has 0 saturated carbocycles. The van der Waals surface area contributed by atoms with Gasteiger partial charge in [-0.05, 0) is 48.4 Å². The summed E-state index contributed by atoms with van der Waals surface area (Å²) < 4.78 is 0. The van der Waals surface area contributed by atoms with Gasteiger partial charge in [-0.15, -0.1) is 0 Å². The number of anilines is 1. The highest BCUT2D eigenvalue weighted by molar-refractivity contribution is 7.08. The zero-order valence-electron chi connectivity index (χ0n) is 9.97. The molecule has 0 amide bonds. The number of rotatable bonds is 4. The second kappa shape index (κ2) is 4.85. The highest BCUT2D eigenvalue weighted by Crippen LogP contribution is 2.23. The predicted octanol–water partition coefficient (Wildman–Crippen LogP) is 2.77. The third-order valence-corrected chi connectivity index (χ3v) is 3.36. The summed E-state index contributed by atoms with van der Waals surface area (Å²) in [6.07, 6.45) is 1.76. The molecule has 4 heteroatoms. The molecule has 2 aromatic rings. The Morgan fingerprint density at radius 2 is 2.29 bits per heavy atom. The Labute approximate surface area is 105 Å². The molecule has 3 nitrogen and oxygen atoms in total. The normalized spacial score (nSPS) is 14.3. The van der Waals surface area contributed by atoms with Crippen LogP contribution in [0.25, 0.3) is 0 Å². The molecule has 2 N–H and O–H groups in total. The summed E-state index contributed by atoms with van der Waals surface area (Å²) in [4.78, 5) is 4.13. The van der Waals surface area contributed by atoms with Gasteiger partial charge in [-0.25, -0.2) is 0 Å². The molecule has 2 aromatic heterocycles. The van der Waals surface area contributed by atoms with Crippen molar-refractivity contribution < 1.29 is 5.11 Å². The van der Waals surface area contributed by atoms with Crippen LogP contribution in [-0.4, -0.2) is 16.6 Å². The fourth-order valence-corrected chi connectivity index (χ4v) is 2.39. The molecule has 2 heterocycles. The van der Waals surface area contributed by atoms with E-state index in [9.17, 15) is 5.11 Å². The van der Waals surface area contributed by atoms with Gasteiger partial charge in [-0.2, -0.15) is 11.3 Å². The van der Waals surface area contributed by atoms with E-state index in [0.29, 0.717) is 6.54 Å². The van der Waals surface area contributed by atoms with Gasteiger partial charge in [0.2, 0.25) is 0 Å². The van der Waals surface area contributed by atoms with Crippen molar-refractivity contribution in [3.63, 3.8) is 0 Å². The van der Waals surface area contributed by atoms with Gasteiger partial charge in [0.05, 0.1) is 0 Å². The monoisotopic (exact) mass is 248 g/mol. The summed E-state index contributed by atoms with van der Waals surface area (Å²) in [5.41, 5.74) is 2.04. The summed E-state index contributed by atoms with van der Waals surface area (Å²) in [6, 6.07) is 5.81. The Hall–Kier alpha value is -1.39. The summed E-state index contributed by atoms with van der Waals surface area (Å²) in [7, 11) is 0. The third kappa shape index (κ3) is 3.05. The van der Waals surface area contributed by atoms with Crippen LogP contribution < -0.4 is 5.32 Å². The van der Waals surface area contributed by atoms with Gasteiger partial charge in [0.15, 0.2) is 0 Å². The first kappa shape index (κ1) is 12.1. The highest BCUT2D eigenvalue weighted by Gasteiger charge is 2.22. The van der Waals surface area contributed by atoms with Crippen molar-refractivity contribution in [2.24, 2.45) is 0 Å². The minimum atomic E-state index is -0.850. The fraction of sp³-hybridized carbons (Fsp3) is 0.308. The van der Waals surface area contributed by atoms with E-state index in [-0.39, 0.29) is 0 Å². The molecule has 0 radical (unpaired) electrons. The van der Waals surface area contributed by atoms with E-state index in [1.165, 1.54) is 0 Å². The minimum absolute atomic E-state index is 0.479. The lowest BCUT2D eigenvalue weighted by Gasteiger charge is -2.23. The topological polar surface area (TPSA) is 45.1 Å². The maximum atomic E-state index is 10.3. The first-order chi connectivity index (χ1) is 8.08. The lowest BCUT2D eigenvalue weighted by molar-refractivity contribution is 0.0720. The second-order valence-electron chi connectivity index (χ2n) is 4.33. The van der Waals surface area contributed by atoms with Crippen molar-refractivity contribution in [1.29, 1.82) is 0 Å². The van der Waals surface area contributed by atoms with Gasteiger partial charge in [0, 0.05) is 24.1 Å². The molecule has 1 atom stereocenters. The van der Waals surface area contributed by atoms with Crippen molar-refractivity contribution >= 4 is 17.0 Å². The quantitative estimate of drug-likeness (QED) is 0.874. The largest absolute Gasteiger partial charge is 0.384 e. The number of pyridine rings is 1. The van der Waals surface area contributed by atoms with Crippen LogP contribution in [0.3, 0.4) is 0 Å². The molecule has 0 saturated heterocycles. The standard InChI is InChI=1S/C13H16N2OS/c1-10-7-12(3-5-14-10)15-9-13(2,16)11-4-6-17-8-11/h3-8,16H,9H2,1-2H3,(H,14,15). The number of aromatic nitrogens is 1. The molecule has 0 aliphatic rings. The number of nitrogens with one attached hydrogen (secondary N) is 1. The maximum absolute atomic E-state index is 10.3. The number of nitrogens with zero attached hydrogens (tertiary/aromatic N) is 1. The summed E-state index contributed by atoms with van der Waals surface area (Å²) in [5.74, 6) is 0. The molecular formula is C13H16N2OS. The zero-order valence-corrected chi connectivity index (χ0v) is 10.8. The van der Waals surface area contributed by atoms with Crippen molar-refractivity contribution in [3.8, 4) is 0 Å². The minimum Gasteiger partial charge on any atom is -0.384 e. The van der Waals surface area contributed by atoms with E-state index in [1.54, 1.807) is 17.5 Å². The van der Waals surface area contributed by atoms with E-state index < -0.39 is 5.60 Å². The molecule has 0 spiro atoms. The molecule has 0 aliphatic carbocycles. The molecular weight excluding hydrogens is 232 g/mol. The smallest absolute Gasteiger partial charge is 0.105 e. The van der Waals surface area contributed by atoms with Crippen LogP contribution in [0.2, 0.25) is 0 Å². The molecule has 17 heavy (non-hydrogen) atoms. The van der Waals surface area contributed by atoms with E-state index in [2.05, 4.69) is 10.3 Å². The third-order valence-electron chi connectivity index (χ3n) is 2.68. The van der Waals surface area contributed by atoms with Crippen LogP contribution in [0.1, 0.15) is 18.2 Å². The fourth-order valence-electron chi connectivity index (χ4n) is 1.60. The van der Waals surface area contributed by atoms with Crippen molar-refractivity contribution in [3.05, 3.63) is 46.4 Å². The van der Waals surface area contributed by atoms with Crippen LogP contribution in [0, 0.1) is 6.92 Å². The molecule has 0 aromatic carbocycles. The number of hydrogen-bond acceptors (Lipinski definition) is 4. The molecule has 1 unspecified atom stereocenters. The average Bonchev–Trinajstić information content (AvgIpc) is 2.81. The lowest BCUT2D eigenvalue weighted by atomic mass is 9.99. The maximum Gasteiger partial charge on any atom is 0.105 e. The zero-order chi connectivity index (χ0) is 12.3. The van der Waals surface area contributed by atoms with E-state index in [0.717, 1.165) is 16.9 Å². The van der Waals surface area contributed by atoms with E-state index in [1.807, 2.05) is 42.8 Å². The number of aryl methyl sites for hydroxylation is 1. The van der Waals surface area contributed by atoms with Crippen LogP contribution in [0.4, 0.5) is 5.69 Å². The SMILES string of the molecule is Cc1cc(NCC(C)(O)c2ccsc2)ccn1. The highest BCUT2D eigenvalue weighted by atomic mass is 32.1. The molecule has 0 aliphatic heterocycles. The summed E-state index contributed by atoms with van der Waals surface area (Å²) >= 11 is 1.59. The predicted molar refractivity (Wildman–Crippen MR) is 71.4 cm³/mol. The molecule has 0 fully saturated rings. The Morgan fingerprint density at radius 3 is 2.94 bits per heavy atom. The molecule has 0 bridgehead atoms. The average molecular weight is 248 g/mol. The Bertz CT molecular complexity index is 480. The van der Waals surface area contributed by atoms with Crippen molar-refractivity contribution in [1.82, 2.24) is 4.98 Å². The van der Waals surface area contributed by atoms with Gasteiger partial charge in [0.25, 0.3) is 0 Å². The van der Waals surface area contributed by atoms with E-state index in [4.69, 9.17) is 0 Å². The van der Waals surface area contributed by atoms with Crippen LogP contribution in [0.15, 0.2) is 35.2 Å². The van der Waals surface area contributed by atoms with Crippen LogP contribution in [0.5, 0.6) is 0 Å². The Morgan fingerprint density at radius 1 is 1.47 bits per heavy atom. The van der Waals surface area contributed by atoms with Gasteiger partial charge in [-0.3, -0.25) is 4.98 Å². The number of hydrogen-bond donors (Lipinski definition) is 2. The van der Waals surface area contributed by atoms with Crippen LogP contribution >= 0.6 is 11.3 Å². The van der Waals surface area contributed by atoms with E-state index >= 15 is 0 Å². The Balaban J connectivity index is 2.03. The van der Waals surface area contributed by atoms with Crippen molar-refractivity contribution in [2.45, 2.75) is 19.4 Å². The van der Waals surface area contributed by atoms with Gasteiger partial charge >= 0.3 is 0 Å². The first-order valence-corrected chi connectivity index (χ1v) is 6.44. The summed E-state index contributed by atoms with van der Waals surface area (Å²) in [6.45, 7) is 4.24. The van der Waals surface area contributed by atoms with Gasteiger partial charge in [0.1, 0.15) is 5.60 Å². The number of thiophene rings is 1.